The van der Waals surface area contributed by atoms with Crippen molar-refractivity contribution in [1.82, 2.24) is 4.90 Å². The monoisotopic (exact) mass is 261 g/mol. The molecule has 1 saturated carbocycles. The average Bonchev–Trinajstić information content (AvgIpc) is 2.37. The Labute approximate surface area is 115 Å². The molecule has 3 nitrogen and oxygen atoms in total. The van der Waals surface area contributed by atoms with E-state index in [9.17, 15) is 4.79 Å². The van der Waals surface area contributed by atoms with E-state index >= 15 is 0 Å². The minimum Gasteiger partial charge on any atom is -0.395 e. The molecule has 0 heterocycles. The van der Waals surface area contributed by atoms with Gasteiger partial charge in [0.25, 0.3) is 0 Å². The van der Waals surface area contributed by atoms with Crippen molar-refractivity contribution in [2.24, 2.45) is 5.92 Å². The molecule has 3 heteroatoms. The van der Waals surface area contributed by atoms with Crippen molar-refractivity contribution in [2.75, 3.05) is 13.2 Å². The third-order valence-electron chi connectivity index (χ3n) is 3.93. The summed E-state index contributed by atoms with van der Waals surface area (Å²) in [5.41, 5.74) is 1.12. The van der Waals surface area contributed by atoms with Crippen molar-refractivity contribution in [3.8, 4) is 0 Å². The summed E-state index contributed by atoms with van der Waals surface area (Å²) in [5, 5.41) is 9.10. The number of amides is 1. The molecule has 0 aromatic heterocycles. The van der Waals surface area contributed by atoms with E-state index in [1.165, 1.54) is 19.3 Å². The molecule has 1 aromatic carbocycles. The van der Waals surface area contributed by atoms with E-state index in [0.717, 1.165) is 17.9 Å². The Morgan fingerprint density at radius 2 is 2.00 bits per heavy atom. The second kappa shape index (κ2) is 7.29. The van der Waals surface area contributed by atoms with Gasteiger partial charge in [0.2, 0.25) is 5.91 Å². The molecule has 1 fully saturated rings. The molecule has 1 aromatic rings. The first-order valence-corrected chi connectivity index (χ1v) is 7.22. The van der Waals surface area contributed by atoms with Crippen LogP contribution in [0.15, 0.2) is 30.3 Å². The SMILES string of the molecule is O=C(CCC1CCC1)N(CCO)Cc1ccccc1. The summed E-state index contributed by atoms with van der Waals surface area (Å²) >= 11 is 0. The highest BCUT2D eigenvalue weighted by Gasteiger charge is 2.20. The molecule has 0 radical (unpaired) electrons. The van der Waals surface area contributed by atoms with Crippen molar-refractivity contribution in [2.45, 2.75) is 38.6 Å². The van der Waals surface area contributed by atoms with Crippen molar-refractivity contribution < 1.29 is 9.90 Å². The summed E-state index contributed by atoms with van der Waals surface area (Å²) in [6.07, 6.45) is 5.52. The molecular formula is C16H23NO2. The van der Waals surface area contributed by atoms with Gasteiger partial charge in [0.05, 0.1) is 6.61 Å². The number of rotatable bonds is 7. The van der Waals surface area contributed by atoms with E-state index in [1.54, 1.807) is 4.90 Å². The molecule has 0 atom stereocenters. The fourth-order valence-electron chi connectivity index (χ4n) is 2.48. The zero-order valence-corrected chi connectivity index (χ0v) is 11.4. The van der Waals surface area contributed by atoms with Crippen LogP contribution < -0.4 is 0 Å². The van der Waals surface area contributed by atoms with Crippen molar-refractivity contribution in [3.05, 3.63) is 35.9 Å². The number of hydrogen-bond acceptors (Lipinski definition) is 2. The normalized spacial score (nSPS) is 15.0. The molecular weight excluding hydrogens is 238 g/mol. The van der Waals surface area contributed by atoms with Crippen LogP contribution in [-0.4, -0.2) is 29.1 Å². The van der Waals surface area contributed by atoms with Crippen LogP contribution in [0, 0.1) is 5.92 Å². The van der Waals surface area contributed by atoms with Crippen molar-refractivity contribution in [1.29, 1.82) is 0 Å². The standard InChI is InChI=1S/C16H23NO2/c18-12-11-17(13-15-5-2-1-3-6-15)16(19)10-9-14-7-4-8-14/h1-3,5-6,14,18H,4,7-13H2. The summed E-state index contributed by atoms with van der Waals surface area (Å²) in [7, 11) is 0. The molecule has 19 heavy (non-hydrogen) atoms. The summed E-state index contributed by atoms with van der Waals surface area (Å²) in [5.74, 6) is 0.932. The van der Waals surface area contributed by atoms with Gasteiger partial charge in [-0.2, -0.15) is 0 Å². The van der Waals surface area contributed by atoms with Crippen LogP contribution >= 0.6 is 0 Å². The number of aliphatic hydroxyl groups is 1. The van der Waals surface area contributed by atoms with E-state index < -0.39 is 0 Å². The molecule has 1 amide bonds. The number of carbonyl (C=O) groups is 1. The highest BCUT2D eigenvalue weighted by Crippen LogP contribution is 2.30. The lowest BCUT2D eigenvalue weighted by atomic mass is 9.82. The van der Waals surface area contributed by atoms with Crippen LogP contribution in [0.2, 0.25) is 0 Å². The van der Waals surface area contributed by atoms with E-state index in [-0.39, 0.29) is 12.5 Å². The first-order chi connectivity index (χ1) is 9.29. The first-order valence-electron chi connectivity index (χ1n) is 7.22. The van der Waals surface area contributed by atoms with Crippen LogP contribution in [0.25, 0.3) is 0 Å². The smallest absolute Gasteiger partial charge is 0.222 e. The molecule has 0 saturated heterocycles. The second-order valence-electron chi connectivity index (χ2n) is 5.36. The van der Waals surface area contributed by atoms with Crippen LogP contribution in [-0.2, 0) is 11.3 Å². The number of aliphatic hydroxyl groups excluding tert-OH is 1. The minimum atomic E-state index is 0.0298. The zero-order valence-electron chi connectivity index (χ0n) is 11.4. The fourth-order valence-corrected chi connectivity index (χ4v) is 2.48. The number of benzene rings is 1. The Morgan fingerprint density at radius 1 is 1.26 bits per heavy atom. The Balaban J connectivity index is 1.84. The highest BCUT2D eigenvalue weighted by atomic mass is 16.3. The Bertz CT molecular complexity index is 387. The molecule has 0 unspecified atom stereocenters. The van der Waals surface area contributed by atoms with Gasteiger partial charge in [0.1, 0.15) is 0 Å². The lowest BCUT2D eigenvalue weighted by molar-refractivity contribution is -0.132. The molecule has 1 N–H and O–H groups in total. The largest absolute Gasteiger partial charge is 0.395 e. The van der Waals surface area contributed by atoms with Crippen LogP contribution in [0.1, 0.15) is 37.7 Å². The maximum absolute atomic E-state index is 12.2. The predicted octanol–water partition coefficient (Wildman–Crippen LogP) is 2.59. The summed E-state index contributed by atoms with van der Waals surface area (Å²) in [4.78, 5) is 14.0. The summed E-state index contributed by atoms with van der Waals surface area (Å²) in [6.45, 7) is 1.06. The first kappa shape index (κ1) is 14.1. The van der Waals surface area contributed by atoms with Gasteiger partial charge in [0, 0.05) is 19.5 Å². The van der Waals surface area contributed by atoms with Gasteiger partial charge < -0.3 is 10.0 Å². The second-order valence-corrected chi connectivity index (χ2v) is 5.36. The number of nitrogens with zero attached hydrogens (tertiary/aromatic N) is 1. The molecule has 1 aliphatic carbocycles. The van der Waals surface area contributed by atoms with Gasteiger partial charge in [0.15, 0.2) is 0 Å². The Kier molecular flexibility index (Phi) is 5.40. The van der Waals surface area contributed by atoms with Gasteiger partial charge >= 0.3 is 0 Å². The summed E-state index contributed by atoms with van der Waals surface area (Å²) < 4.78 is 0. The number of hydrogen-bond donors (Lipinski definition) is 1. The average molecular weight is 261 g/mol. The van der Waals surface area contributed by atoms with E-state index in [2.05, 4.69) is 0 Å². The van der Waals surface area contributed by atoms with Crippen LogP contribution in [0.5, 0.6) is 0 Å². The fraction of sp³-hybridized carbons (Fsp3) is 0.562. The van der Waals surface area contributed by atoms with E-state index in [4.69, 9.17) is 5.11 Å². The minimum absolute atomic E-state index is 0.0298. The molecule has 0 aliphatic heterocycles. The molecule has 2 rings (SSSR count). The van der Waals surface area contributed by atoms with Gasteiger partial charge in [-0.1, -0.05) is 49.6 Å². The van der Waals surface area contributed by atoms with E-state index in [1.807, 2.05) is 30.3 Å². The molecule has 0 spiro atoms. The van der Waals surface area contributed by atoms with Gasteiger partial charge in [-0.25, -0.2) is 0 Å². The van der Waals surface area contributed by atoms with Gasteiger partial charge in [-0.15, -0.1) is 0 Å². The third kappa shape index (κ3) is 4.35. The number of carbonyl (C=O) groups excluding carboxylic acids is 1. The maximum Gasteiger partial charge on any atom is 0.222 e. The van der Waals surface area contributed by atoms with E-state index in [0.29, 0.717) is 19.5 Å². The van der Waals surface area contributed by atoms with Crippen LogP contribution in [0.4, 0.5) is 0 Å². The molecule has 0 bridgehead atoms. The van der Waals surface area contributed by atoms with Gasteiger partial charge in [-0.05, 0) is 17.9 Å². The Morgan fingerprint density at radius 3 is 2.58 bits per heavy atom. The predicted molar refractivity (Wildman–Crippen MR) is 75.5 cm³/mol. The topological polar surface area (TPSA) is 40.5 Å². The molecule has 1 aliphatic rings. The molecule has 104 valence electrons. The lowest BCUT2D eigenvalue weighted by Gasteiger charge is -2.27. The Hall–Kier alpha value is -1.35. The lowest BCUT2D eigenvalue weighted by Crippen LogP contribution is -2.33. The summed E-state index contributed by atoms with van der Waals surface area (Å²) in [6, 6.07) is 9.96. The van der Waals surface area contributed by atoms with Gasteiger partial charge in [-0.3, -0.25) is 4.79 Å². The zero-order chi connectivity index (χ0) is 13.5. The maximum atomic E-state index is 12.2. The van der Waals surface area contributed by atoms with Crippen molar-refractivity contribution >= 4 is 5.91 Å². The van der Waals surface area contributed by atoms with Crippen LogP contribution in [0.3, 0.4) is 0 Å². The third-order valence-corrected chi connectivity index (χ3v) is 3.93. The highest BCUT2D eigenvalue weighted by molar-refractivity contribution is 5.76. The van der Waals surface area contributed by atoms with Crippen molar-refractivity contribution in [3.63, 3.8) is 0 Å². The quantitative estimate of drug-likeness (QED) is 0.819.